The number of aromatic amines is 1. The summed E-state index contributed by atoms with van der Waals surface area (Å²) in [5, 5.41) is 21.1. The van der Waals surface area contributed by atoms with E-state index in [4.69, 9.17) is 19.5 Å². The number of carbonyl (C=O) groups is 2. The standard InChI is InChI=1S/C19H26N5O9PS/c1-9(25)18(2,3)16(28)35-6-5-31-34(30)32-7-10-12(26)19(4,29)15(33-10)24-8-21-11-13(24)22-17(20)23-14(11)27/h8,10,12,15,26,29H,5-7H2,1-4H3,(H2-,20,22,23,27)/p+1. The third kappa shape index (κ3) is 5.61. The Morgan fingerprint density at radius 3 is 2.77 bits per heavy atom. The maximum atomic E-state index is 12.1. The monoisotopic (exact) mass is 532 g/mol. The molecule has 0 saturated carbocycles. The molecule has 0 bridgehead atoms. The fraction of sp³-hybridized carbons (Fsp3) is 0.632. The highest BCUT2D eigenvalue weighted by molar-refractivity contribution is 8.13. The minimum absolute atomic E-state index is 0.0349. The zero-order chi connectivity index (χ0) is 26.1. The van der Waals surface area contributed by atoms with Crippen molar-refractivity contribution < 1.29 is 38.2 Å². The van der Waals surface area contributed by atoms with Crippen molar-refractivity contribution in [2.75, 3.05) is 24.7 Å². The molecule has 0 aromatic carbocycles. The Labute approximate surface area is 204 Å². The van der Waals surface area contributed by atoms with Crippen molar-refractivity contribution in [1.82, 2.24) is 19.5 Å². The summed E-state index contributed by atoms with van der Waals surface area (Å²) in [5.74, 6) is -0.270. The van der Waals surface area contributed by atoms with E-state index in [2.05, 4.69) is 15.0 Å². The van der Waals surface area contributed by atoms with Gasteiger partial charge < -0.3 is 20.7 Å². The SMILES string of the molecule is CC(=O)C(C)(C)C(=O)SCCO[P+](=O)OCC1OC(n2cnc3c(=O)[nH]c(N)nc32)C(C)(O)C1O. The average molecular weight is 532 g/mol. The first-order valence-corrected chi connectivity index (χ1v) is 12.5. The van der Waals surface area contributed by atoms with Gasteiger partial charge in [-0.25, -0.2) is 4.98 Å². The van der Waals surface area contributed by atoms with Crippen LogP contribution < -0.4 is 11.3 Å². The van der Waals surface area contributed by atoms with Crippen LogP contribution in [0.5, 0.6) is 0 Å². The van der Waals surface area contributed by atoms with E-state index < -0.39 is 49.9 Å². The summed E-state index contributed by atoms with van der Waals surface area (Å²) in [6, 6.07) is 0. The van der Waals surface area contributed by atoms with Crippen molar-refractivity contribution in [3.63, 3.8) is 0 Å². The average Bonchev–Trinajstić information content (AvgIpc) is 3.28. The number of nitrogens with one attached hydrogen (secondary N) is 1. The van der Waals surface area contributed by atoms with Crippen LogP contribution in [0.25, 0.3) is 11.2 Å². The van der Waals surface area contributed by atoms with E-state index in [1.165, 1.54) is 38.6 Å². The molecule has 1 fully saturated rings. The number of ether oxygens (including phenoxy) is 1. The van der Waals surface area contributed by atoms with Crippen LogP contribution in [0, 0.1) is 5.41 Å². The number of thioether (sulfide) groups is 1. The third-order valence-corrected chi connectivity index (χ3v) is 7.60. The lowest BCUT2D eigenvalue weighted by Gasteiger charge is -2.27. The van der Waals surface area contributed by atoms with Gasteiger partial charge in [0, 0.05) is 10.3 Å². The summed E-state index contributed by atoms with van der Waals surface area (Å²) in [4.78, 5) is 45.9. The van der Waals surface area contributed by atoms with Crippen LogP contribution in [-0.2, 0) is 27.9 Å². The number of H-pyrrole nitrogens is 1. The molecule has 16 heteroatoms. The van der Waals surface area contributed by atoms with Crippen molar-refractivity contribution in [1.29, 1.82) is 0 Å². The predicted octanol–water partition coefficient (Wildman–Crippen LogP) is 0.277. The molecular weight excluding hydrogens is 505 g/mol. The van der Waals surface area contributed by atoms with Crippen LogP contribution in [0.2, 0.25) is 0 Å². The van der Waals surface area contributed by atoms with Gasteiger partial charge in [0.15, 0.2) is 17.4 Å². The number of hydrogen-bond donors (Lipinski definition) is 4. The molecule has 3 rings (SSSR count). The number of aliphatic hydroxyl groups excluding tert-OH is 1. The molecule has 0 aliphatic carbocycles. The lowest BCUT2D eigenvalue weighted by atomic mass is 9.91. The molecule has 35 heavy (non-hydrogen) atoms. The topological polar surface area (TPSA) is 209 Å². The van der Waals surface area contributed by atoms with Crippen molar-refractivity contribution in [2.24, 2.45) is 5.41 Å². The van der Waals surface area contributed by atoms with Gasteiger partial charge in [-0.3, -0.25) is 23.9 Å². The number of imidazole rings is 1. The first-order chi connectivity index (χ1) is 16.3. The van der Waals surface area contributed by atoms with E-state index >= 15 is 0 Å². The van der Waals surface area contributed by atoms with Crippen molar-refractivity contribution in [3.05, 3.63) is 16.7 Å². The number of ketones is 1. The molecule has 1 aliphatic rings. The lowest BCUT2D eigenvalue weighted by molar-refractivity contribution is -0.132. The second-order valence-corrected chi connectivity index (χ2v) is 10.7. The van der Waals surface area contributed by atoms with Gasteiger partial charge in [-0.2, -0.15) is 4.98 Å². The Hall–Kier alpha value is -2.26. The molecule has 0 spiro atoms. The van der Waals surface area contributed by atoms with Gasteiger partial charge in [0.05, 0.1) is 11.7 Å². The van der Waals surface area contributed by atoms with Gasteiger partial charge >= 0.3 is 8.25 Å². The van der Waals surface area contributed by atoms with Crippen LogP contribution in [0.15, 0.2) is 11.1 Å². The van der Waals surface area contributed by atoms with E-state index in [1.54, 1.807) is 0 Å². The molecule has 5 N–H and O–H groups in total. The molecular formula is C19H27N5O9PS+. The van der Waals surface area contributed by atoms with Crippen molar-refractivity contribution in [3.8, 4) is 0 Å². The third-order valence-electron chi connectivity index (χ3n) is 5.71. The molecule has 5 atom stereocenters. The largest absolute Gasteiger partial charge is 0.697 e. The van der Waals surface area contributed by atoms with Crippen molar-refractivity contribution >= 4 is 48.0 Å². The fourth-order valence-corrected chi connectivity index (χ4v) is 4.80. The number of carbonyl (C=O) groups excluding carboxylic acids is 2. The Kier molecular flexibility index (Phi) is 8.11. The van der Waals surface area contributed by atoms with Gasteiger partial charge in [-0.05, 0) is 27.7 Å². The summed E-state index contributed by atoms with van der Waals surface area (Å²) in [5.41, 5.74) is 2.04. The number of hydrogen-bond acceptors (Lipinski definition) is 13. The highest BCUT2D eigenvalue weighted by Crippen LogP contribution is 2.40. The second kappa shape index (κ2) is 10.4. The van der Waals surface area contributed by atoms with Gasteiger partial charge in [-0.1, -0.05) is 11.8 Å². The van der Waals surface area contributed by atoms with E-state index in [0.717, 1.165) is 11.8 Å². The maximum Gasteiger partial charge on any atom is 0.697 e. The van der Waals surface area contributed by atoms with E-state index in [-0.39, 0.29) is 40.4 Å². The van der Waals surface area contributed by atoms with Crippen LogP contribution in [0.1, 0.15) is 33.9 Å². The lowest BCUT2D eigenvalue weighted by Crippen LogP contribution is -2.44. The molecule has 192 valence electrons. The van der Waals surface area contributed by atoms with Crippen LogP contribution >= 0.6 is 20.0 Å². The zero-order valence-electron chi connectivity index (χ0n) is 19.5. The summed E-state index contributed by atoms with van der Waals surface area (Å²) in [6.45, 7) is 5.23. The number of anilines is 1. The molecule has 0 radical (unpaired) electrons. The van der Waals surface area contributed by atoms with E-state index in [1.807, 2.05) is 0 Å². The normalized spacial score (nSPS) is 25.2. The summed E-state index contributed by atoms with van der Waals surface area (Å²) in [6.07, 6.45) is -2.57. The second-order valence-electron chi connectivity index (χ2n) is 8.64. The smallest absolute Gasteiger partial charge is 0.387 e. The predicted molar refractivity (Wildman–Crippen MR) is 125 cm³/mol. The first kappa shape index (κ1) is 27.3. The van der Waals surface area contributed by atoms with Crippen LogP contribution in [0.4, 0.5) is 5.95 Å². The molecule has 0 amide bonds. The Balaban J connectivity index is 1.56. The molecule has 3 heterocycles. The zero-order valence-corrected chi connectivity index (χ0v) is 21.2. The molecule has 1 aliphatic heterocycles. The van der Waals surface area contributed by atoms with Crippen molar-refractivity contribution in [2.45, 2.75) is 51.7 Å². The summed E-state index contributed by atoms with van der Waals surface area (Å²) < 4.78 is 29.2. The Morgan fingerprint density at radius 2 is 2.11 bits per heavy atom. The highest BCUT2D eigenvalue weighted by Gasteiger charge is 2.54. The number of Topliss-reactive ketones (excluding diaryl/α,β-unsaturated/α-hetero) is 1. The summed E-state index contributed by atoms with van der Waals surface area (Å²) >= 11 is 0.884. The van der Waals surface area contributed by atoms with Crippen LogP contribution in [-0.4, -0.2) is 77.4 Å². The molecule has 2 aromatic rings. The van der Waals surface area contributed by atoms with Gasteiger partial charge in [0.2, 0.25) is 11.1 Å². The van der Waals surface area contributed by atoms with E-state index in [9.17, 15) is 29.2 Å². The first-order valence-electron chi connectivity index (χ1n) is 10.5. The number of nitrogens with two attached hydrogens (primary N) is 1. The van der Waals surface area contributed by atoms with E-state index in [0.29, 0.717) is 0 Å². The van der Waals surface area contributed by atoms with Crippen LogP contribution in [0.3, 0.4) is 0 Å². The Morgan fingerprint density at radius 1 is 1.43 bits per heavy atom. The summed E-state index contributed by atoms with van der Waals surface area (Å²) in [7, 11) is -2.62. The number of aliphatic hydroxyl groups is 2. The number of rotatable bonds is 10. The molecule has 14 nitrogen and oxygen atoms in total. The molecule has 1 saturated heterocycles. The molecule has 2 aromatic heterocycles. The minimum Gasteiger partial charge on any atom is -0.387 e. The van der Waals surface area contributed by atoms with Gasteiger partial charge in [-0.15, -0.1) is 9.05 Å². The minimum atomic E-state index is -2.62. The number of nitrogen functional groups attached to an aromatic ring is 1. The number of aromatic nitrogens is 4. The Bertz CT molecular complexity index is 1200. The quantitative estimate of drug-likeness (QED) is 0.184. The number of fused-ring (bicyclic) bond motifs is 1. The highest BCUT2D eigenvalue weighted by atomic mass is 32.2. The number of nitrogens with zero attached hydrogens (tertiary/aromatic N) is 3. The van der Waals surface area contributed by atoms with Gasteiger partial charge in [0.1, 0.15) is 36.8 Å². The van der Waals surface area contributed by atoms with Gasteiger partial charge in [0.25, 0.3) is 5.56 Å². The fourth-order valence-electron chi connectivity index (χ4n) is 3.23. The molecule has 5 unspecified atom stereocenters. The maximum absolute atomic E-state index is 12.1.